The van der Waals surface area contributed by atoms with Gasteiger partial charge in [0.1, 0.15) is 5.82 Å². The molecule has 0 unspecified atom stereocenters. The average Bonchev–Trinajstić information content (AvgIpc) is 3.50. The zero-order valence-electron chi connectivity index (χ0n) is 19.8. The summed E-state index contributed by atoms with van der Waals surface area (Å²) in [4.78, 5) is 47.2. The van der Waals surface area contributed by atoms with Gasteiger partial charge in [0.25, 0.3) is 5.56 Å². The van der Waals surface area contributed by atoms with Crippen LogP contribution in [0.1, 0.15) is 45.4 Å². The second-order valence-electron chi connectivity index (χ2n) is 8.67. The molecular weight excluding hydrogens is 466 g/mol. The topological polar surface area (TPSA) is 145 Å². The number of hydrogen-bond acceptors (Lipinski definition) is 7. The van der Waals surface area contributed by atoms with E-state index in [1.165, 1.54) is 25.9 Å². The molecule has 0 bridgehead atoms. The van der Waals surface area contributed by atoms with Crippen LogP contribution in [0, 0.1) is 0 Å². The predicted octanol–water partition coefficient (Wildman–Crippen LogP) is 2.56. The molecule has 2 heterocycles. The smallest absolute Gasteiger partial charge is 0.330 e. The summed E-state index contributed by atoms with van der Waals surface area (Å²) >= 11 is 1.20. The Morgan fingerprint density at radius 3 is 2.63 bits per heavy atom. The van der Waals surface area contributed by atoms with Gasteiger partial charge in [0.05, 0.1) is 17.6 Å². The van der Waals surface area contributed by atoms with Gasteiger partial charge in [0.2, 0.25) is 5.91 Å². The van der Waals surface area contributed by atoms with E-state index < -0.39 is 11.2 Å². The molecule has 4 rings (SSSR count). The maximum absolute atomic E-state index is 13.5. The molecule has 1 aromatic carbocycles. The molecule has 0 aliphatic heterocycles. The van der Waals surface area contributed by atoms with E-state index in [1.54, 1.807) is 6.20 Å². The van der Waals surface area contributed by atoms with Crippen molar-refractivity contribution in [3.05, 3.63) is 57.4 Å². The lowest BCUT2D eigenvalue weighted by molar-refractivity contribution is -0.116. The normalized spacial score (nSPS) is 13.9. The molecular formula is C24H31N7O3S. The van der Waals surface area contributed by atoms with E-state index in [1.807, 2.05) is 37.3 Å². The van der Waals surface area contributed by atoms with Crippen molar-refractivity contribution in [1.29, 1.82) is 0 Å². The molecule has 186 valence electrons. The summed E-state index contributed by atoms with van der Waals surface area (Å²) in [7, 11) is 0. The molecule has 2 aromatic heterocycles. The van der Waals surface area contributed by atoms with E-state index in [2.05, 4.69) is 9.97 Å². The zero-order chi connectivity index (χ0) is 24.9. The number of hydrogen-bond donors (Lipinski definition) is 3. The first-order chi connectivity index (χ1) is 16.9. The molecule has 1 amide bonds. The fourth-order valence-electron chi connectivity index (χ4n) is 4.45. The third kappa shape index (κ3) is 5.29. The first-order valence-electron chi connectivity index (χ1n) is 11.9. The standard InChI is InChI=1S/C24H31N7O3S/c1-2-3-13-29-21(25)20(22(33)28-23(29)34)31(17-11-7-8-12-17)19(32)15-35-24-27-18(14-30(24)26)16-9-5-4-6-10-16/h4-6,9-10,14,17H,2-3,7-8,11-13,15,25-26H2,1H3,(H,28,33,34). The minimum atomic E-state index is -0.641. The first kappa shape index (κ1) is 24.6. The minimum absolute atomic E-state index is 0.0198. The van der Waals surface area contributed by atoms with Gasteiger partial charge in [-0.25, -0.2) is 14.5 Å². The molecule has 0 atom stereocenters. The number of aromatic nitrogens is 4. The highest BCUT2D eigenvalue weighted by Gasteiger charge is 2.32. The maximum Gasteiger partial charge on any atom is 0.330 e. The predicted molar refractivity (Wildman–Crippen MR) is 139 cm³/mol. The van der Waals surface area contributed by atoms with Crippen LogP contribution in [-0.4, -0.2) is 36.9 Å². The Morgan fingerprint density at radius 1 is 1.23 bits per heavy atom. The molecule has 1 aliphatic rings. The molecule has 1 aliphatic carbocycles. The summed E-state index contributed by atoms with van der Waals surface area (Å²) < 4.78 is 2.74. The summed E-state index contributed by atoms with van der Waals surface area (Å²) in [6.45, 7) is 2.38. The van der Waals surface area contributed by atoms with E-state index in [-0.39, 0.29) is 29.2 Å². The maximum atomic E-state index is 13.5. The van der Waals surface area contributed by atoms with Crippen molar-refractivity contribution in [3.63, 3.8) is 0 Å². The number of nitrogens with two attached hydrogens (primary N) is 2. The number of H-pyrrole nitrogens is 1. The summed E-state index contributed by atoms with van der Waals surface area (Å²) in [5.41, 5.74) is 6.82. The van der Waals surface area contributed by atoms with Crippen molar-refractivity contribution < 1.29 is 4.79 Å². The molecule has 0 spiro atoms. The highest BCUT2D eigenvalue weighted by Crippen LogP contribution is 2.31. The van der Waals surface area contributed by atoms with Crippen molar-refractivity contribution >= 4 is 29.2 Å². The first-order valence-corrected chi connectivity index (χ1v) is 12.9. The van der Waals surface area contributed by atoms with Gasteiger partial charge in [-0.15, -0.1) is 0 Å². The number of nitrogens with zero attached hydrogens (tertiary/aromatic N) is 4. The van der Waals surface area contributed by atoms with Crippen LogP contribution in [0.15, 0.2) is 51.3 Å². The Hall–Kier alpha value is -3.47. The molecule has 10 nitrogen and oxygen atoms in total. The molecule has 35 heavy (non-hydrogen) atoms. The number of carbonyl (C=O) groups excluding carboxylic acids is 1. The van der Waals surface area contributed by atoms with Crippen molar-refractivity contribution in [2.75, 3.05) is 22.2 Å². The number of benzene rings is 1. The van der Waals surface area contributed by atoms with E-state index in [0.29, 0.717) is 17.4 Å². The molecule has 11 heteroatoms. The number of unbranched alkanes of at least 4 members (excludes halogenated alkanes) is 1. The molecule has 5 N–H and O–H groups in total. The highest BCUT2D eigenvalue weighted by molar-refractivity contribution is 7.99. The lowest BCUT2D eigenvalue weighted by atomic mass is 10.2. The summed E-state index contributed by atoms with van der Waals surface area (Å²) in [6.07, 6.45) is 6.76. The van der Waals surface area contributed by atoms with E-state index in [0.717, 1.165) is 44.1 Å². The number of nitrogen functional groups attached to an aromatic ring is 2. The number of imidazole rings is 1. The monoisotopic (exact) mass is 497 g/mol. The third-order valence-corrected chi connectivity index (χ3v) is 7.19. The van der Waals surface area contributed by atoms with Gasteiger partial charge in [-0.3, -0.25) is 19.1 Å². The fourth-order valence-corrected chi connectivity index (χ4v) is 5.21. The van der Waals surface area contributed by atoms with Crippen LogP contribution in [-0.2, 0) is 11.3 Å². The van der Waals surface area contributed by atoms with Crippen LogP contribution in [0.3, 0.4) is 0 Å². The van der Waals surface area contributed by atoms with Gasteiger partial charge in [-0.1, -0.05) is 68.3 Å². The van der Waals surface area contributed by atoms with Gasteiger partial charge in [-0.05, 0) is 19.3 Å². The summed E-state index contributed by atoms with van der Waals surface area (Å²) in [5.74, 6) is 5.88. The van der Waals surface area contributed by atoms with Crippen molar-refractivity contribution in [2.24, 2.45) is 0 Å². The highest BCUT2D eigenvalue weighted by atomic mass is 32.2. The van der Waals surface area contributed by atoms with Crippen LogP contribution < -0.4 is 27.7 Å². The van der Waals surface area contributed by atoms with Crippen LogP contribution in [0.4, 0.5) is 11.5 Å². The van der Waals surface area contributed by atoms with E-state index in [4.69, 9.17) is 11.6 Å². The van der Waals surface area contributed by atoms with Crippen LogP contribution >= 0.6 is 11.8 Å². The number of anilines is 2. The molecule has 0 radical (unpaired) electrons. The SMILES string of the molecule is CCCCn1c(N)c(N(C(=O)CSc2nc(-c3ccccc3)cn2N)C2CCCC2)c(=O)[nH]c1=O. The molecule has 1 saturated carbocycles. The molecule has 0 saturated heterocycles. The van der Waals surface area contributed by atoms with Gasteiger partial charge in [-0.2, -0.15) is 0 Å². The van der Waals surface area contributed by atoms with Gasteiger partial charge >= 0.3 is 5.69 Å². The van der Waals surface area contributed by atoms with Gasteiger partial charge < -0.3 is 16.5 Å². The van der Waals surface area contributed by atoms with Crippen LogP contribution in [0.2, 0.25) is 0 Å². The van der Waals surface area contributed by atoms with Crippen molar-refractivity contribution in [1.82, 2.24) is 19.2 Å². The number of nitrogens with one attached hydrogen (secondary N) is 1. The number of thioether (sulfide) groups is 1. The summed E-state index contributed by atoms with van der Waals surface area (Å²) in [6, 6.07) is 9.48. The molecule has 3 aromatic rings. The second kappa shape index (κ2) is 10.9. The van der Waals surface area contributed by atoms with Crippen molar-refractivity contribution in [3.8, 4) is 11.3 Å². The fraction of sp³-hybridized carbons (Fsp3) is 0.417. The van der Waals surface area contributed by atoms with Crippen LogP contribution in [0.25, 0.3) is 11.3 Å². The Labute approximate surface area is 207 Å². The summed E-state index contributed by atoms with van der Waals surface area (Å²) in [5, 5.41) is 0.485. The lowest BCUT2D eigenvalue weighted by Gasteiger charge is -2.29. The zero-order valence-corrected chi connectivity index (χ0v) is 20.6. The number of aromatic amines is 1. The van der Waals surface area contributed by atoms with Crippen LogP contribution in [0.5, 0.6) is 0 Å². The average molecular weight is 498 g/mol. The Balaban J connectivity index is 1.62. The minimum Gasteiger partial charge on any atom is -0.383 e. The lowest BCUT2D eigenvalue weighted by Crippen LogP contribution is -2.46. The number of amides is 1. The Bertz CT molecular complexity index is 1290. The van der Waals surface area contributed by atoms with Crippen molar-refractivity contribution in [2.45, 2.75) is 63.2 Å². The number of rotatable bonds is 9. The second-order valence-corrected chi connectivity index (χ2v) is 9.61. The van der Waals surface area contributed by atoms with E-state index >= 15 is 0 Å². The van der Waals surface area contributed by atoms with Gasteiger partial charge in [0.15, 0.2) is 10.8 Å². The quantitative estimate of drug-likeness (QED) is 0.304. The third-order valence-electron chi connectivity index (χ3n) is 6.24. The van der Waals surface area contributed by atoms with E-state index in [9.17, 15) is 14.4 Å². The Morgan fingerprint density at radius 2 is 1.94 bits per heavy atom. The largest absolute Gasteiger partial charge is 0.383 e. The Kier molecular flexibility index (Phi) is 7.64. The van der Waals surface area contributed by atoms with Gasteiger partial charge in [0, 0.05) is 18.2 Å². The number of carbonyl (C=O) groups is 1. The molecule has 1 fully saturated rings.